The topological polar surface area (TPSA) is 63.5 Å². The second-order valence-corrected chi connectivity index (χ2v) is 2.00. The molecule has 1 atom stereocenters. The molecule has 0 aromatic carbocycles. The Hall–Kier alpha value is -0.250. The van der Waals surface area contributed by atoms with E-state index in [2.05, 4.69) is 6.58 Å². The van der Waals surface area contributed by atoms with E-state index in [0.29, 0.717) is 0 Å². The highest BCUT2D eigenvalue weighted by atomic mass is 35.5. The third-order valence-corrected chi connectivity index (χ3v) is 0.745. The summed E-state index contributed by atoms with van der Waals surface area (Å²) >= 11 is 5.04. The van der Waals surface area contributed by atoms with Crippen molar-refractivity contribution < 1.29 is 15.3 Å². The van der Waals surface area contributed by atoms with Crippen molar-refractivity contribution in [1.29, 1.82) is 0 Å². The van der Waals surface area contributed by atoms with Crippen LogP contribution in [0.25, 0.3) is 0 Å². The van der Waals surface area contributed by atoms with Crippen molar-refractivity contribution in [2.75, 3.05) is 12.5 Å². The molecule has 0 heterocycles. The van der Waals surface area contributed by atoms with Gasteiger partial charge in [-0.1, -0.05) is 6.92 Å². The minimum atomic E-state index is -0.744. The zero-order valence-electron chi connectivity index (χ0n) is 5.88. The van der Waals surface area contributed by atoms with Gasteiger partial charge in [0.1, 0.15) is 0 Å². The monoisotopic (exact) mass is 167 g/mol. The van der Waals surface area contributed by atoms with Gasteiger partial charge in [-0.3, -0.25) is 0 Å². The first-order valence-corrected chi connectivity index (χ1v) is 3.25. The van der Waals surface area contributed by atoms with E-state index in [0.717, 1.165) is 0 Å². The summed E-state index contributed by atoms with van der Waals surface area (Å²) < 4.78 is 0. The van der Waals surface area contributed by atoms with Crippen molar-refractivity contribution in [2.45, 2.75) is 13.0 Å². The van der Waals surface area contributed by atoms with Crippen LogP contribution in [0.1, 0.15) is 6.92 Å². The van der Waals surface area contributed by atoms with E-state index >= 15 is 0 Å². The first-order valence-electron chi connectivity index (χ1n) is 2.72. The van der Waals surface area contributed by atoms with E-state index in [1.165, 1.54) is 6.92 Å². The second-order valence-electron chi connectivity index (χ2n) is 1.69. The number of allylic oxidation sites excluding steroid dienone is 1. The Morgan fingerprint density at radius 1 is 1.80 bits per heavy atom. The number of alkyl halides is 1. The van der Waals surface area contributed by atoms with Crippen LogP contribution in [0.3, 0.4) is 0 Å². The largest absolute Gasteiger partial charge is 0.876 e. The summed E-state index contributed by atoms with van der Waals surface area (Å²) in [6, 6.07) is 0. The summed E-state index contributed by atoms with van der Waals surface area (Å²) in [6.07, 6.45) is -0.744. The van der Waals surface area contributed by atoms with E-state index < -0.39 is 6.10 Å². The van der Waals surface area contributed by atoms with Crippen molar-refractivity contribution in [3.8, 4) is 0 Å². The molecule has 3 nitrogen and oxygen atoms in total. The maximum atomic E-state index is 9.33. The van der Waals surface area contributed by atoms with E-state index in [1.807, 2.05) is 0 Å². The zero-order valence-corrected chi connectivity index (χ0v) is 6.64. The molecule has 0 bridgehead atoms. The molecule has 0 saturated carbocycles. The fraction of sp³-hybridized carbons (Fsp3) is 0.667. The average Bonchev–Trinajstić information content (AvgIpc) is 1.85. The summed E-state index contributed by atoms with van der Waals surface area (Å²) in [6.45, 7) is 4.17. The molecule has 0 aromatic heterocycles. The van der Waals surface area contributed by atoms with Gasteiger partial charge < -0.3 is 15.3 Å². The van der Waals surface area contributed by atoms with Crippen LogP contribution in [0.15, 0.2) is 12.3 Å². The van der Waals surface area contributed by atoms with Crippen LogP contribution in [0.4, 0.5) is 0 Å². The standard InChI is InChI=1S/C3H7ClO2.C3H6O/c4-1-3(6)2-5;1-3(2)4/h3,5-6H,1-2H2;4H,1H2,2H3/p-1/t3-;/m0./s1. The van der Waals surface area contributed by atoms with Crippen molar-refractivity contribution >= 4 is 11.6 Å². The zero-order chi connectivity index (χ0) is 8.57. The van der Waals surface area contributed by atoms with Crippen LogP contribution in [0.5, 0.6) is 0 Å². The van der Waals surface area contributed by atoms with E-state index in [-0.39, 0.29) is 18.2 Å². The summed E-state index contributed by atoms with van der Waals surface area (Å²) in [4.78, 5) is 0. The Morgan fingerprint density at radius 3 is 2.10 bits per heavy atom. The fourth-order valence-electron chi connectivity index (χ4n) is 0.0488. The molecular formula is C6H12ClO3-. The number of hydrogen-bond acceptors (Lipinski definition) is 3. The van der Waals surface area contributed by atoms with Gasteiger partial charge in [0.25, 0.3) is 0 Å². The van der Waals surface area contributed by atoms with Gasteiger partial charge in [0.15, 0.2) is 0 Å². The molecule has 2 N–H and O–H groups in total. The first-order chi connectivity index (χ1) is 4.54. The Kier molecular flexibility index (Phi) is 10.9. The van der Waals surface area contributed by atoms with Gasteiger partial charge in [-0.2, -0.15) is 0 Å². The molecule has 4 heteroatoms. The fourth-order valence-corrected chi connectivity index (χ4v) is 0.146. The SMILES string of the molecule is C=C(C)[O-].OC[C@@H](O)CCl. The summed E-state index contributed by atoms with van der Waals surface area (Å²) in [5, 5.41) is 25.6. The number of aliphatic hydroxyl groups is 2. The van der Waals surface area contributed by atoms with Gasteiger partial charge in [0.2, 0.25) is 0 Å². The number of aliphatic hydroxyl groups excluding tert-OH is 2. The van der Waals surface area contributed by atoms with E-state index in [1.54, 1.807) is 0 Å². The maximum Gasteiger partial charge on any atom is 0.0905 e. The van der Waals surface area contributed by atoms with Gasteiger partial charge >= 0.3 is 0 Å². The quantitative estimate of drug-likeness (QED) is 0.429. The first kappa shape index (κ1) is 12.4. The lowest BCUT2D eigenvalue weighted by Crippen LogP contribution is -2.12. The molecule has 0 aliphatic heterocycles. The molecule has 0 unspecified atom stereocenters. The predicted octanol–water partition coefficient (Wildman–Crippen LogP) is -0.541. The second kappa shape index (κ2) is 8.75. The van der Waals surface area contributed by atoms with E-state index in [4.69, 9.17) is 21.8 Å². The Balaban J connectivity index is 0. The third kappa shape index (κ3) is 25.1. The Labute approximate surface area is 65.6 Å². The van der Waals surface area contributed by atoms with E-state index in [9.17, 15) is 5.11 Å². The normalized spacial score (nSPS) is 11.2. The van der Waals surface area contributed by atoms with Crippen LogP contribution in [-0.4, -0.2) is 28.8 Å². The lowest BCUT2D eigenvalue weighted by Gasteiger charge is -1.95. The smallest absolute Gasteiger partial charge is 0.0905 e. The van der Waals surface area contributed by atoms with Crippen LogP contribution in [0, 0.1) is 0 Å². The molecule has 0 spiro atoms. The van der Waals surface area contributed by atoms with Gasteiger partial charge in [-0.25, -0.2) is 0 Å². The molecule has 0 fully saturated rings. The number of halogens is 1. The molecule has 62 valence electrons. The highest BCUT2D eigenvalue weighted by Gasteiger charge is 1.94. The highest BCUT2D eigenvalue weighted by Crippen LogP contribution is 1.81. The lowest BCUT2D eigenvalue weighted by atomic mass is 10.5. The van der Waals surface area contributed by atoms with Gasteiger partial charge in [0, 0.05) is 0 Å². The number of rotatable bonds is 2. The summed E-state index contributed by atoms with van der Waals surface area (Å²) in [7, 11) is 0. The molecule has 0 rings (SSSR count). The Bertz CT molecular complexity index is 77.1. The minimum absolute atomic E-state index is 0.0833. The van der Waals surface area contributed by atoms with Crippen LogP contribution in [0.2, 0.25) is 0 Å². The van der Waals surface area contributed by atoms with Crippen LogP contribution in [-0.2, 0) is 0 Å². The van der Waals surface area contributed by atoms with Gasteiger partial charge in [0.05, 0.1) is 18.6 Å². The van der Waals surface area contributed by atoms with Crippen molar-refractivity contribution in [3.05, 3.63) is 12.3 Å². The van der Waals surface area contributed by atoms with Gasteiger partial charge in [-0.15, -0.1) is 23.9 Å². The Morgan fingerprint density at radius 2 is 2.10 bits per heavy atom. The van der Waals surface area contributed by atoms with Crippen molar-refractivity contribution in [3.63, 3.8) is 0 Å². The highest BCUT2D eigenvalue weighted by molar-refractivity contribution is 6.18. The maximum absolute atomic E-state index is 9.33. The van der Waals surface area contributed by atoms with Crippen molar-refractivity contribution in [1.82, 2.24) is 0 Å². The molecule has 0 radical (unpaired) electrons. The third-order valence-electron chi connectivity index (χ3n) is 0.389. The molecule has 0 aliphatic rings. The summed E-state index contributed by atoms with van der Waals surface area (Å²) in [5.41, 5.74) is 0. The lowest BCUT2D eigenvalue weighted by molar-refractivity contribution is -0.300. The molecule has 0 amide bonds. The van der Waals surface area contributed by atoms with Crippen LogP contribution >= 0.6 is 11.6 Å². The van der Waals surface area contributed by atoms with Crippen molar-refractivity contribution in [2.24, 2.45) is 0 Å². The predicted molar refractivity (Wildman–Crippen MR) is 38.6 cm³/mol. The van der Waals surface area contributed by atoms with Crippen LogP contribution < -0.4 is 5.11 Å². The molecule has 0 aliphatic carbocycles. The molecular weight excluding hydrogens is 156 g/mol. The molecule has 10 heavy (non-hydrogen) atoms. The number of hydrogen-bond donors (Lipinski definition) is 2. The summed E-state index contributed by atoms with van der Waals surface area (Å²) in [5.74, 6) is 0.0243. The average molecular weight is 168 g/mol. The molecule has 0 saturated heterocycles. The molecule has 0 aromatic rings. The minimum Gasteiger partial charge on any atom is -0.876 e. The van der Waals surface area contributed by atoms with Gasteiger partial charge in [-0.05, 0) is 0 Å².